The van der Waals surface area contributed by atoms with Crippen molar-refractivity contribution in [2.24, 2.45) is 0 Å². The molecule has 0 amide bonds. The zero-order chi connectivity index (χ0) is 26.9. The first-order chi connectivity index (χ1) is 20.3. The lowest BCUT2D eigenvalue weighted by Crippen LogP contribution is -1.92. The normalized spacial score (nSPS) is 11.9. The predicted octanol–water partition coefficient (Wildman–Crippen LogP) is 11.5. The van der Waals surface area contributed by atoms with E-state index in [-0.39, 0.29) is 0 Å². The van der Waals surface area contributed by atoms with Crippen molar-refractivity contribution in [2.45, 2.75) is 0 Å². The molecule has 8 aromatic carbocycles. The molecule has 0 saturated carbocycles. The average molecular weight is 521 g/mol. The van der Waals surface area contributed by atoms with E-state index in [1.807, 2.05) is 12.1 Å². The van der Waals surface area contributed by atoms with E-state index in [0.29, 0.717) is 0 Å². The lowest BCUT2D eigenvalue weighted by atomic mass is 9.83. The van der Waals surface area contributed by atoms with Crippen molar-refractivity contribution in [1.29, 1.82) is 0 Å². The number of benzene rings is 8. The number of furan rings is 1. The Morgan fingerprint density at radius 3 is 1.76 bits per heavy atom. The summed E-state index contributed by atoms with van der Waals surface area (Å²) >= 11 is 0. The van der Waals surface area contributed by atoms with Crippen LogP contribution in [0.1, 0.15) is 0 Å². The van der Waals surface area contributed by atoms with Gasteiger partial charge in [0.25, 0.3) is 0 Å². The van der Waals surface area contributed by atoms with Gasteiger partial charge < -0.3 is 4.42 Å². The second kappa shape index (κ2) is 8.55. The molecule has 0 spiro atoms. The second-order valence-electron chi connectivity index (χ2n) is 10.9. The zero-order valence-electron chi connectivity index (χ0n) is 22.3. The smallest absolute Gasteiger partial charge is 0.135 e. The Hall–Kier alpha value is -5.40. The SMILES string of the molecule is c1ccc2cc(-c3c4ccccc4c(-c4ccc5oc6ccccc6c5c4)c4ccc5ccccc5c34)ccc2c1. The fourth-order valence-corrected chi connectivity index (χ4v) is 6.79. The summed E-state index contributed by atoms with van der Waals surface area (Å²) < 4.78 is 6.19. The van der Waals surface area contributed by atoms with Crippen LogP contribution in [-0.2, 0) is 0 Å². The fourth-order valence-electron chi connectivity index (χ4n) is 6.79. The molecule has 9 rings (SSSR count). The summed E-state index contributed by atoms with van der Waals surface area (Å²) in [5.41, 5.74) is 6.83. The van der Waals surface area contributed by atoms with Gasteiger partial charge in [-0.15, -0.1) is 0 Å². The van der Waals surface area contributed by atoms with Crippen LogP contribution in [0.3, 0.4) is 0 Å². The average Bonchev–Trinajstić information content (AvgIpc) is 3.41. The van der Waals surface area contributed by atoms with E-state index in [0.717, 1.165) is 21.9 Å². The Labute approximate surface area is 236 Å². The molecular weight excluding hydrogens is 496 g/mol. The lowest BCUT2D eigenvalue weighted by Gasteiger charge is -2.19. The second-order valence-corrected chi connectivity index (χ2v) is 10.9. The Kier molecular flexibility index (Phi) is 4.67. The van der Waals surface area contributed by atoms with Gasteiger partial charge in [0.05, 0.1) is 0 Å². The zero-order valence-corrected chi connectivity index (χ0v) is 22.3. The molecule has 1 aromatic heterocycles. The monoisotopic (exact) mass is 520 g/mol. The summed E-state index contributed by atoms with van der Waals surface area (Å²) in [6.07, 6.45) is 0. The van der Waals surface area contributed by atoms with Crippen LogP contribution in [0.2, 0.25) is 0 Å². The maximum absolute atomic E-state index is 6.19. The van der Waals surface area contributed by atoms with E-state index < -0.39 is 0 Å². The Balaban J connectivity index is 1.47. The summed E-state index contributed by atoms with van der Waals surface area (Å²) in [4.78, 5) is 0. The molecule has 1 nitrogen and oxygen atoms in total. The molecule has 0 aliphatic carbocycles. The van der Waals surface area contributed by atoms with E-state index in [9.17, 15) is 0 Å². The van der Waals surface area contributed by atoms with Gasteiger partial charge in [0.15, 0.2) is 0 Å². The van der Waals surface area contributed by atoms with Crippen LogP contribution >= 0.6 is 0 Å². The fraction of sp³-hybridized carbons (Fsp3) is 0. The van der Waals surface area contributed by atoms with Crippen LogP contribution < -0.4 is 0 Å². The number of fused-ring (bicyclic) bond motifs is 8. The third-order valence-electron chi connectivity index (χ3n) is 8.62. The van der Waals surface area contributed by atoms with Crippen LogP contribution in [0.15, 0.2) is 150 Å². The van der Waals surface area contributed by atoms with Gasteiger partial charge in [-0.3, -0.25) is 0 Å². The molecule has 0 aliphatic heterocycles. The van der Waals surface area contributed by atoms with Crippen molar-refractivity contribution in [3.63, 3.8) is 0 Å². The van der Waals surface area contributed by atoms with Gasteiger partial charge in [-0.25, -0.2) is 0 Å². The van der Waals surface area contributed by atoms with E-state index in [4.69, 9.17) is 4.42 Å². The molecule has 0 aliphatic rings. The van der Waals surface area contributed by atoms with Gasteiger partial charge in [-0.2, -0.15) is 0 Å². The first kappa shape index (κ1) is 22.4. The van der Waals surface area contributed by atoms with Gasteiger partial charge in [-0.05, 0) is 89.6 Å². The van der Waals surface area contributed by atoms with Gasteiger partial charge in [0.1, 0.15) is 11.2 Å². The Morgan fingerprint density at radius 2 is 0.902 bits per heavy atom. The maximum atomic E-state index is 6.19. The molecule has 190 valence electrons. The van der Waals surface area contributed by atoms with Crippen LogP contribution in [-0.4, -0.2) is 0 Å². The number of rotatable bonds is 2. The molecule has 1 heteroatoms. The van der Waals surface area contributed by atoms with Crippen molar-refractivity contribution in [2.75, 3.05) is 0 Å². The van der Waals surface area contributed by atoms with Gasteiger partial charge in [-0.1, -0.05) is 121 Å². The highest BCUT2D eigenvalue weighted by molar-refractivity contribution is 6.28. The topological polar surface area (TPSA) is 13.1 Å². The summed E-state index contributed by atoms with van der Waals surface area (Å²) in [6, 6.07) is 52.7. The summed E-state index contributed by atoms with van der Waals surface area (Å²) in [5.74, 6) is 0. The van der Waals surface area contributed by atoms with Crippen molar-refractivity contribution in [3.05, 3.63) is 146 Å². The molecule has 41 heavy (non-hydrogen) atoms. The molecule has 0 bridgehead atoms. The van der Waals surface area contributed by atoms with E-state index >= 15 is 0 Å². The maximum Gasteiger partial charge on any atom is 0.135 e. The van der Waals surface area contributed by atoms with Gasteiger partial charge >= 0.3 is 0 Å². The van der Waals surface area contributed by atoms with Gasteiger partial charge in [0, 0.05) is 10.8 Å². The largest absolute Gasteiger partial charge is 0.456 e. The van der Waals surface area contributed by atoms with Crippen molar-refractivity contribution >= 4 is 65.0 Å². The summed E-state index contributed by atoms with van der Waals surface area (Å²) in [5, 5.41) is 12.4. The lowest BCUT2D eigenvalue weighted by molar-refractivity contribution is 0.669. The molecule has 0 N–H and O–H groups in total. The minimum absolute atomic E-state index is 0.918. The Morgan fingerprint density at radius 1 is 0.317 bits per heavy atom. The first-order valence-electron chi connectivity index (χ1n) is 14.1. The van der Waals surface area contributed by atoms with Crippen molar-refractivity contribution < 1.29 is 4.42 Å². The summed E-state index contributed by atoms with van der Waals surface area (Å²) in [6.45, 7) is 0. The molecule has 0 saturated heterocycles. The van der Waals surface area contributed by atoms with Crippen molar-refractivity contribution in [3.8, 4) is 22.3 Å². The van der Waals surface area contributed by atoms with E-state index in [1.54, 1.807) is 0 Å². The third kappa shape index (κ3) is 3.30. The predicted molar refractivity (Wildman–Crippen MR) is 175 cm³/mol. The molecular formula is C40H24O. The molecule has 0 fully saturated rings. The van der Waals surface area contributed by atoms with E-state index in [2.05, 4.69) is 133 Å². The van der Waals surface area contributed by atoms with Crippen molar-refractivity contribution in [1.82, 2.24) is 0 Å². The van der Waals surface area contributed by atoms with Crippen LogP contribution in [0, 0.1) is 0 Å². The van der Waals surface area contributed by atoms with Crippen LogP contribution in [0.5, 0.6) is 0 Å². The molecule has 0 radical (unpaired) electrons. The van der Waals surface area contributed by atoms with Gasteiger partial charge in [0.2, 0.25) is 0 Å². The molecule has 0 atom stereocenters. The first-order valence-corrected chi connectivity index (χ1v) is 14.1. The van der Waals surface area contributed by atoms with Crippen LogP contribution in [0.25, 0.3) is 87.3 Å². The third-order valence-corrected chi connectivity index (χ3v) is 8.62. The molecule has 0 unspecified atom stereocenters. The minimum Gasteiger partial charge on any atom is -0.456 e. The quantitative estimate of drug-likeness (QED) is 0.163. The minimum atomic E-state index is 0.918. The number of para-hydroxylation sites is 1. The summed E-state index contributed by atoms with van der Waals surface area (Å²) in [7, 11) is 0. The highest BCUT2D eigenvalue weighted by Crippen LogP contribution is 2.47. The Bertz CT molecular complexity index is 2480. The van der Waals surface area contributed by atoms with Crippen LogP contribution in [0.4, 0.5) is 0 Å². The molecule has 1 heterocycles. The highest BCUT2D eigenvalue weighted by Gasteiger charge is 2.19. The van der Waals surface area contributed by atoms with E-state index in [1.165, 1.54) is 65.3 Å². The number of hydrogen-bond acceptors (Lipinski definition) is 1. The molecule has 9 aromatic rings. The standard InChI is InChI=1S/C40H24O/c1-2-11-27-23-28(18-17-25(27)9-1)39-33-15-6-5-14-32(33)38(34-21-19-26-10-3-4-12-30(26)40(34)39)29-20-22-37-35(24-29)31-13-7-8-16-36(31)41-37/h1-24H. The number of hydrogen-bond donors (Lipinski definition) is 0. The highest BCUT2D eigenvalue weighted by atomic mass is 16.3.